The molecular weight excluding hydrogens is 1280 g/mol. The normalized spacial score (nSPS) is 18.4. The van der Waals surface area contributed by atoms with Crippen LogP contribution >= 0.6 is 57.8 Å². The molecule has 432 valence electrons. The first-order chi connectivity index (χ1) is 38.8. The zero-order valence-corrected chi connectivity index (χ0v) is 51.4. The first-order valence-corrected chi connectivity index (χ1v) is 28.2. The van der Waals surface area contributed by atoms with Crippen molar-refractivity contribution in [1.82, 2.24) is 59.7 Å². The number of benzene rings is 2. The number of carbonyl (C=O) groups is 6. The van der Waals surface area contributed by atoms with E-state index in [-0.39, 0.29) is 104 Å². The molecule has 4 aliphatic rings. The molecule has 6 atom stereocenters. The van der Waals surface area contributed by atoms with Gasteiger partial charge in [0.15, 0.2) is 11.6 Å². The van der Waals surface area contributed by atoms with Gasteiger partial charge in [0.25, 0.3) is 0 Å². The minimum atomic E-state index is -1.03. The van der Waals surface area contributed by atoms with E-state index < -0.39 is 12.0 Å². The van der Waals surface area contributed by atoms with Crippen molar-refractivity contribution in [3.8, 4) is 22.3 Å². The average Bonchev–Trinajstić information content (AvgIpc) is 3.59. The number of ketones is 2. The molecule has 0 radical (unpaired) electrons. The molecule has 2 aliphatic carbocycles. The number of fused-ring (bicyclic) bond motifs is 4. The Kier molecular flexibility index (Phi) is 20.5. The third kappa shape index (κ3) is 14.5. The molecule has 2 aliphatic heterocycles. The van der Waals surface area contributed by atoms with Crippen LogP contribution in [0.15, 0.2) is 94.7 Å². The zero-order chi connectivity index (χ0) is 58.0. The molecule has 12 rings (SSSR count). The minimum Gasteiger partial charge on any atom is -0.480 e. The van der Waals surface area contributed by atoms with Gasteiger partial charge in [0.1, 0.15) is 51.4 Å². The highest BCUT2D eigenvalue weighted by molar-refractivity contribution is 9.10. The number of hydrogen-bond acceptors (Lipinski definition) is 19. The maximum atomic E-state index is 13.6. The molecule has 8 heterocycles. The van der Waals surface area contributed by atoms with Crippen LogP contribution in [0.1, 0.15) is 71.6 Å². The van der Waals surface area contributed by atoms with Gasteiger partial charge >= 0.3 is 5.97 Å². The standard InChI is InChI=1S/C27H25BrN8O3.C15H13N5O3.C12H14BrN3O.ClH.S2.H2S/c1-13-3-6-22(28)32-25(13)33-26(39)21-9-16-8-20(16)36(21)23(38)12-35-19-5-4-15(17-10-30-27(29)31-11-17)7-18(19)24(34-35)14(2)37;1-8(21)14-11-4-9(10-5-17-15(16)18-6-10)2-3-12(11)20(19-14)7-13(22)23;1-6-2-3-10(13)15-11(6)16-12(17)9-5-7-4-8(7)14-9;;1-2;/h3-7,10-11,16,20-21H,8-9,12H2,1-2H3,(H2,29,30,31)(H,32,33,39);2-6H,7H2,1H3,(H,22,23)(H2,16,17,18);2-3,7-9,14H,4-5H2,1H3,(H,15,16,17);1H;;1H2/t16-,20-,21+;;7-,8-,9+;;;/m1.1.../s1. The number of halogens is 3. The molecular formula is C54H55Br2ClN16O7S3. The van der Waals surface area contributed by atoms with E-state index in [4.69, 9.17) is 16.6 Å². The number of carbonyl (C=O) groups excluding carboxylic acids is 5. The molecule has 8 aromatic rings. The summed E-state index contributed by atoms with van der Waals surface area (Å²) in [5, 5.41) is 27.9. The molecule has 29 heteroatoms. The Morgan fingerprint density at radius 1 is 0.651 bits per heavy atom. The van der Waals surface area contributed by atoms with Gasteiger partial charge in [0, 0.05) is 95.0 Å². The van der Waals surface area contributed by atoms with E-state index in [1.54, 1.807) is 52.6 Å². The van der Waals surface area contributed by atoms with Crippen molar-refractivity contribution < 1.29 is 33.9 Å². The van der Waals surface area contributed by atoms with Crippen molar-refractivity contribution in [2.24, 2.45) is 11.8 Å². The molecule has 2 saturated carbocycles. The maximum Gasteiger partial charge on any atom is 0.325 e. The van der Waals surface area contributed by atoms with Gasteiger partial charge < -0.3 is 37.4 Å². The Labute approximate surface area is 514 Å². The summed E-state index contributed by atoms with van der Waals surface area (Å²) < 4.78 is 4.20. The predicted molar refractivity (Wildman–Crippen MR) is 332 cm³/mol. The lowest BCUT2D eigenvalue weighted by Crippen LogP contribution is -2.47. The number of aryl methyl sites for hydroxylation is 2. The Bertz CT molecular complexity index is 3790. The number of amides is 3. The number of hydrogen-bond donors (Lipinski definition) is 6. The predicted octanol–water partition coefficient (Wildman–Crippen LogP) is 7.11. The number of nitrogens with two attached hydrogens (primary N) is 2. The summed E-state index contributed by atoms with van der Waals surface area (Å²) in [5.74, 6) is 0.588. The summed E-state index contributed by atoms with van der Waals surface area (Å²) in [5.41, 5.74) is 17.7. The number of carboxylic acids is 1. The van der Waals surface area contributed by atoms with Gasteiger partial charge in [-0.3, -0.25) is 38.1 Å². The van der Waals surface area contributed by atoms with Crippen LogP contribution in [-0.2, 0) is 54.6 Å². The summed E-state index contributed by atoms with van der Waals surface area (Å²) in [4.78, 5) is 100. The van der Waals surface area contributed by atoms with Crippen molar-refractivity contribution in [3.05, 3.63) is 117 Å². The van der Waals surface area contributed by atoms with Gasteiger partial charge in [-0.25, -0.2) is 29.9 Å². The highest BCUT2D eigenvalue weighted by Crippen LogP contribution is 2.48. The number of piperidine rings is 2. The number of pyridine rings is 2. The Morgan fingerprint density at radius 2 is 1.12 bits per heavy atom. The second-order valence-corrected chi connectivity index (χ2v) is 21.5. The SMILES string of the molecule is CC(=O)c1nn(CC(=O)N2[C@@H]3C[C@@H]3C[C@H]2C(=O)Nc2nc(Br)ccc2C)c2ccc(-c3cnc(N)nc3)cc12.CC(=O)c1nn(CC(=O)O)c2ccc(-c3cnc(N)nc3)cc12.Cc1ccc(Br)nc1NC(=O)[C@@H]1C[C@H]2C[C@H]2N1.Cl.S.S=S. The number of aliphatic carboxylic acids is 1. The number of nitrogen functional groups attached to an aromatic ring is 2. The third-order valence-corrected chi connectivity index (χ3v) is 15.1. The summed E-state index contributed by atoms with van der Waals surface area (Å²) >= 11 is 14.0. The van der Waals surface area contributed by atoms with Crippen molar-refractivity contribution >= 4 is 161 Å². The number of Topliss-reactive ketones (excluding diaryl/α,β-unsaturated/α-hetero) is 2. The molecule has 2 aromatic carbocycles. The van der Waals surface area contributed by atoms with E-state index in [1.807, 2.05) is 56.3 Å². The number of rotatable bonds is 12. The summed E-state index contributed by atoms with van der Waals surface area (Å²) in [6, 6.07) is 18.3. The first kappa shape index (κ1) is 63.2. The lowest BCUT2D eigenvalue weighted by atomic mass is 10.0. The van der Waals surface area contributed by atoms with Crippen LogP contribution in [0.3, 0.4) is 0 Å². The van der Waals surface area contributed by atoms with Crippen LogP contribution in [0.4, 0.5) is 23.5 Å². The zero-order valence-electron chi connectivity index (χ0n) is 44.7. The number of likely N-dealkylation sites (tertiary alicyclic amines) is 1. The second kappa shape index (κ2) is 26.9. The molecule has 3 amide bonds. The van der Waals surface area contributed by atoms with Crippen LogP contribution in [-0.4, -0.2) is 119 Å². The number of carboxylic acid groups (broad SMARTS) is 1. The smallest absolute Gasteiger partial charge is 0.325 e. The van der Waals surface area contributed by atoms with Crippen LogP contribution in [0.25, 0.3) is 44.1 Å². The quantitative estimate of drug-likeness (QED) is 0.0524. The number of nitrogens with one attached hydrogen (secondary N) is 3. The van der Waals surface area contributed by atoms with Gasteiger partial charge in [-0.15, -0.1) is 12.4 Å². The number of aromatic nitrogens is 10. The lowest BCUT2D eigenvalue weighted by molar-refractivity contribution is -0.138. The number of anilines is 4. The van der Waals surface area contributed by atoms with Gasteiger partial charge in [-0.1, -0.05) is 24.3 Å². The first-order valence-electron chi connectivity index (χ1n) is 25.3. The Morgan fingerprint density at radius 3 is 1.57 bits per heavy atom. The van der Waals surface area contributed by atoms with E-state index in [1.165, 1.54) is 25.0 Å². The second-order valence-electron chi connectivity index (χ2n) is 19.9. The monoisotopic (exact) mass is 1330 g/mol. The molecule has 83 heavy (non-hydrogen) atoms. The summed E-state index contributed by atoms with van der Waals surface area (Å²) in [6.45, 7) is 6.25. The Balaban J connectivity index is 0.000000191. The van der Waals surface area contributed by atoms with Crippen LogP contribution in [0.2, 0.25) is 0 Å². The third-order valence-electron chi connectivity index (χ3n) is 14.2. The summed E-state index contributed by atoms with van der Waals surface area (Å²) in [6.07, 6.45) is 10.1. The lowest BCUT2D eigenvalue weighted by Gasteiger charge is -2.27. The topological polar surface area (TPSA) is 327 Å². The van der Waals surface area contributed by atoms with E-state index in [9.17, 15) is 28.8 Å². The molecule has 6 aromatic heterocycles. The molecule has 4 fully saturated rings. The molecule has 0 bridgehead atoms. The van der Waals surface area contributed by atoms with Gasteiger partial charge in [-0.05, 0) is 142 Å². The van der Waals surface area contributed by atoms with Crippen LogP contribution < -0.4 is 27.4 Å². The fourth-order valence-electron chi connectivity index (χ4n) is 10.0. The fraction of sp³-hybridized carbons (Fsp3) is 0.296. The van der Waals surface area contributed by atoms with Gasteiger partial charge in [0.2, 0.25) is 29.6 Å². The largest absolute Gasteiger partial charge is 0.480 e. The minimum absolute atomic E-state index is 0. The van der Waals surface area contributed by atoms with E-state index in [0.717, 1.165) is 56.7 Å². The molecule has 0 unspecified atom stereocenters. The molecule has 0 spiro atoms. The summed E-state index contributed by atoms with van der Waals surface area (Å²) in [7, 11) is 0. The average molecular weight is 1330 g/mol. The Hall–Kier alpha value is -7.34. The molecule has 23 nitrogen and oxygen atoms in total. The van der Waals surface area contributed by atoms with E-state index in [2.05, 4.69) is 110 Å². The number of nitrogens with zero attached hydrogens (tertiary/aromatic N) is 11. The van der Waals surface area contributed by atoms with Crippen LogP contribution in [0, 0.1) is 25.7 Å². The van der Waals surface area contributed by atoms with Crippen molar-refractivity contribution in [2.75, 3.05) is 22.1 Å². The van der Waals surface area contributed by atoms with Crippen LogP contribution in [0.5, 0.6) is 0 Å². The van der Waals surface area contributed by atoms with Crippen molar-refractivity contribution in [1.29, 1.82) is 0 Å². The van der Waals surface area contributed by atoms with E-state index in [0.29, 0.717) is 56.4 Å². The van der Waals surface area contributed by atoms with E-state index >= 15 is 0 Å². The van der Waals surface area contributed by atoms with Gasteiger partial charge in [-0.2, -0.15) is 23.7 Å². The highest BCUT2D eigenvalue weighted by Gasteiger charge is 2.56. The van der Waals surface area contributed by atoms with Gasteiger partial charge in [0.05, 0.1) is 17.1 Å². The van der Waals surface area contributed by atoms with Crippen molar-refractivity contribution in [2.45, 2.75) is 90.6 Å². The highest BCUT2D eigenvalue weighted by atomic mass is 79.9. The maximum absolute atomic E-state index is 13.6. The van der Waals surface area contributed by atoms with Crippen molar-refractivity contribution in [3.63, 3.8) is 0 Å². The fourth-order valence-corrected chi connectivity index (χ4v) is 10.6. The molecule has 2 saturated heterocycles. The molecule has 8 N–H and O–H groups in total.